The number of esters is 1. The molecular formula is C26H32BrNO5. The topological polar surface area (TPSA) is 85.2 Å². The normalized spacial score (nSPS) is 25.4. The van der Waals surface area contributed by atoms with Crippen LogP contribution in [-0.2, 0) is 14.3 Å². The van der Waals surface area contributed by atoms with E-state index in [0.717, 1.165) is 36.9 Å². The van der Waals surface area contributed by atoms with E-state index in [4.69, 9.17) is 14.5 Å². The molecule has 1 aliphatic heterocycles. The summed E-state index contributed by atoms with van der Waals surface area (Å²) in [5.74, 6) is -1.29. The van der Waals surface area contributed by atoms with E-state index >= 15 is 0 Å². The first kappa shape index (κ1) is 24.0. The van der Waals surface area contributed by atoms with E-state index < -0.39 is 11.8 Å². The fraction of sp³-hybridized carbons (Fsp3) is 0.577. The lowest BCUT2D eigenvalue weighted by molar-refractivity contribution is -0.153. The number of halogens is 1. The minimum atomic E-state index is -0.697. The van der Waals surface area contributed by atoms with Crippen LogP contribution in [0.15, 0.2) is 32.9 Å². The molecule has 1 heterocycles. The van der Waals surface area contributed by atoms with Crippen LogP contribution in [0, 0.1) is 11.3 Å². The highest BCUT2D eigenvalue weighted by Crippen LogP contribution is 2.50. The van der Waals surface area contributed by atoms with Crippen molar-refractivity contribution in [1.82, 2.24) is 0 Å². The summed E-state index contributed by atoms with van der Waals surface area (Å²) >= 11 is 3.40. The minimum absolute atomic E-state index is 0.0149. The number of ether oxygens (including phenoxy) is 2. The Bertz CT molecular complexity index is 1040. The Balaban J connectivity index is 1.81. The Hall–Kier alpha value is -2.15. The molecule has 1 fully saturated rings. The molecule has 178 valence electrons. The maximum absolute atomic E-state index is 13.5. The molecule has 2 atom stereocenters. The second kappa shape index (κ2) is 9.24. The van der Waals surface area contributed by atoms with Gasteiger partial charge in [0.05, 0.1) is 11.6 Å². The second-order valence-corrected chi connectivity index (χ2v) is 11.1. The SMILES string of the molecule is COc1cc([C@H]2C3=C(CC(C)(C)CC3=O)N=C(C)C2C(=O)OC2CCCCC2)cc(Br)c1O. The molecular weight excluding hydrogens is 486 g/mol. The molecule has 1 unspecified atom stereocenters. The van der Waals surface area contributed by atoms with E-state index in [1.807, 2.05) is 6.92 Å². The lowest BCUT2D eigenvalue weighted by Crippen LogP contribution is -2.40. The zero-order chi connectivity index (χ0) is 23.9. The van der Waals surface area contributed by atoms with Gasteiger partial charge in [-0.05, 0) is 78.1 Å². The molecule has 1 aromatic carbocycles. The average molecular weight is 518 g/mol. The van der Waals surface area contributed by atoms with Crippen LogP contribution in [-0.4, -0.2) is 35.8 Å². The Kier molecular flexibility index (Phi) is 6.72. The van der Waals surface area contributed by atoms with E-state index in [-0.39, 0.29) is 34.8 Å². The van der Waals surface area contributed by atoms with Crippen LogP contribution in [0.1, 0.15) is 77.2 Å². The van der Waals surface area contributed by atoms with Crippen molar-refractivity contribution < 1.29 is 24.2 Å². The highest BCUT2D eigenvalue weighted by Gasteiger charge is 2.46. The number of aliphatic imine (C=N–C) groups is 1. The average Bonchev–Trinajstić information content (AvgIpc) is 2.74. The molecule has 0 radical (unpaired) electrons. The number of phenolic OH excluding ortho intramolecular Hbond substituents is 1. The highest BCUT2D eigenvalue weighted by molar-refractivity contribution is 9.10. The predicted molar refractivity (Wildman–Crippen MR) is 130 cm³/mol. The van der Waals surface area contributed by atoms with E-state index in [1.165, 1.54) is 13.5 Å². The van der Waals surface area contributed by atoms with Gasteiger partial charge >= 0.3 is 5.97 Å². The van der Waals surface area contributed by atoms with Crippen molar-refractivity contribution in [3.05, 3.63) is 33.4 Å². The number of benzene rings is 1. The third-order valence-corrected chi connectivity index (χ3v) is 7.63. The molecule has 1 saturated carbocycles. The fourth-order valence-corrected chi connectivity index (χ4v) is 5.92. The summed E-state index contributed by atoms with van der Waals surface area (Å²) in [6.07, 6.45) is 6.02. The van der Waals surface area contributed by atoms with Gasteiger partial charge in [0, 0.05) is 29.3 Å². The van der Waals surface area contributed by atoms with E-state index in [0.29, 0.717) is 28.6 Å². The number of carbonyl (C=O) groups is 2. The smallest absolute Gasteiger partial charge is 0.315 e. The van der Waals surface area contributed by atoms with Gasteiger partial charge in [0.1, 0.15) is 12.0 Å². The Morgan fingerprint density at radius 3 is 2.55 bits per heavy atom. The summed E-state index contributed by atoms with van der Waals surface area (Å²) in [5, 5.41) is 10.4. The van der Waals surface area contributed by atoms with Gasteiger partial charge in [0.2, 0.25) is 0 Å². The Labute approximate surface area is 203 Å². The van der Waals surface area contributed by atoms with Crippen LogP contribution in [0.4, 0.5) is 0 Å². The molecule has 3 aliphatic rings. The lowest BCUT2D eigenvalue weighted by atomic mass is 9.67. The molecule has 0 spiro atoms. The van der Waals surface area contributed by atoms with Gasteiger partial charge < -0.3 is 14.6 Å². The molecule has 1 aromatic rings. The maximum atomic E-state index is 13.5. The number of methoxy groups -OCH3 is 1. The number of hydrogen-bond acceptors (Lipinski definition) is 6. The van der Waals surface area contributed by atoms with Crippen LogP contribution < -0.4 is 4.74 Å². The number of nitrogens with zero attached hydrogens (tertiary/aromatic N) is 1. The van der Waals surface area contributed by atoms with Gasteiger partial charge in [-0.1, -0.05) is 20.3 Å². The number of ketones is 1. The number of allylic oxidation sites excluding steroid dienone is 2. The third-order valence-electron chi connectivity index (χ3n) is 7.02. The zero-order valence-electron chi connectivity index (χ0n) is 19.7. The van der Waals surface area contributed by atoms with Crippen molar-refractivity contribution in [2.75, 3.05) is 7.11 Å². The number of phenols is 1. The van der Waals surface area contributed by atoms with Gasteiger partial charge in [-0.15, -0.1) is 0 Å². The summed E-state index contributed by atoms with van der Waals surface area (Å²) in [5.41, 5.74) is 2.53. The predicted octanol–water partition coefficient (Wildman–Crippen LogP) is 5.86. The summed E-state index contributed by atoms with van der Waals surface area (Å²) < 4.78 is 11.8. The third kappa shape index (κ3) is 4.75. The first-order valence-corrected chi connectivity index (χ1v) is 12.5. The minimum Gasteiger partial charge on any atom is -0.503 e. The Morgan fingerprint density at radius 2 is 1.88 bits per heavy atom. The van der Waals surface area contributed by atoms with Gasteiger partial charge in [0.25, 0.3) is 0 Å². The van der Waals surface area contributed by atoms with Crippen molar-refractivity contribution >= 4 is 33.4 Å². The van der Waals surface area contributed by atoms with Crippen molar-refractivity contribution in [3.8, 4) is 11.5 Å². The Morgan fingerprint density at radius 1 is 1.18 bits per heavy atom. The van der Waals surface area contributed by atoms with Crippen LogP contribution in [0.5, 0.6) is 11.5 Å². The second-order valence-electron chi connectivity index (χ2n) is 10.3. The first-order chi connectivity index (χ1) is 15.6. The molecule has 4 rings (SSSR count). The fourth-order valence-electron chi connectivity index (χ4n) is 5.46. The summed E-state index contributed by atoms with van der Waals surface area (Å²) in [6, 6.07) is 3.47. The monoisotopic (exact) mass is 517 g/mol. The maximum Gasteiger partial charge on any atom is 0.315 e. The molecule has 2 aliphatic carbocycles. The highest BCUT2D eigenvalue weighted by atomic mass is 79.9. The molecule has 0 amide bonds. The van der Waals surface area contributed by atoms with Gasteiger partial charge in [-0.3, -0.25) is 14.6 Å². The molecule has 0 saturated heterocycles. The van der Waals surface area contributed by atoms with E-state index in [1.54, 1.807) is 12.1 Å². The molecule has 1 N–H and O–H groups in total. The number of carbonyl (C=O) groups excluding carboxylic acids is 2. The van der Waals surface area contributed by atoms with Crippen LogP contribution in [0.2, 0.25) is 0 Å². The molecule has 0 aromatic heterocycles. The van der Waals surface area contributed by atoms with Gasteiger partial charge in [0.15, 0.2) is 17.3 Å². The standard InChI is InChI=1S/C26H32BrNO5/c1-14-21(25(31)33-16-8-6-5-7-9-16)22(15-10-17(27)24(30)20(11-15)32-4)23-18(28-14)12-26(2,3)13-19(23)29/h10-11,16,21-22,30H,5-9,12-13H2,1-4H3/t21?,22-/m1/s1. The number of hydrogen-bond donors (Lipinski definition) is 1. The first-order valence-electron chi connectivity index (χ1n) is 11.7. The van der Waals surface area contributed by atoms with Crippen LogP contribution in [0.3, 0.4) is 0 Å². The zero-order valence-corrected chi connectivity index (χ0v) is 21.3. The van der Waals surface area contributed by atoms with Crippen LogP contribution in [0.25, 0.3) is 0 Å². The van der Waals surface area contributed by atoms with Crippen molar-refractivity contribution in [3.63, 3.8) is 0 Å². The molecule has 33 heavy (non-hydrogen) atoms. The van der Waals surface area contributed by atoms with Crippen LogP contribution >= 0.6 is 15.9 Å². The lowest BCUT2D eigenvalue weighted by Gasteiger charge is -2.39. The molecule has 7 heteroatoms. The molecule has 0 bridgehead atoms. The van der Waals surface area contributed by atoms with Gasteiger partial charge in [-0.25, -0.2) is 0 Å². The summed E-state index contributed by atoms with van der Waals surface area (Å²) in [6.45, 7) is 5.98. The van der Waals surface area contributed by atoms with Crippen molar-refractivity contribution in [2.24, 2.45) is 16.3 Å². The largest absolute Gasteiger partial charge is 0.503 e. The van der Waals surface area contributed by atoms with Crippen molar-refractivity contribution in [2.45, 2.75) is 77.7 Å². The quantitative estimate of drug-likeness (QED) is 0.505. The number of Topliss-reactive ketones (excluding diaryl/α,β-unsaturated/α-hetero) is 1. The number of rotatable bonds is 4. The summed E-state index contributed by atoms with van der Waals surface area (Å²) in [4.78, 5) is 31.8. The van der Waals surface area contributed by atoms with Gasteiger partial charge in [-0.2, -0.15) is 0 Å². The van der Waals surface area contributed by atoms with E-state index in [2.05, 4.69) is 29.8 Å². The molecule has 6 nitrogen and oxygen atoms in total. The summed E-state index contributed by atoms with van der Waals surface area (Å²) in [7, 11) is 1.48. The van der Waals surface area contributed by atoms with E-state index in [9.17, 15) is 14.7 Å². The number of aromatic hydroxyl groups is 1. The van der Waals surface area contributed by atoms with Crippen molar-refractivity contribution in [1.29, 1.82) is 0 Å².